The summed E-state index contributed by atoms with van der Waals surface area (Å²) in [6, 6.07) is 17.2. The molecule has 5 nitrogen and oxygen atoms in total. The number of aromatic nitrogens is 2. The second-order valence-corrected chi connectivity index (χ2v) is 6.51. The maximum Gasteiger partial charge on any atom is 0.228 e. The van der Waals surface area contributed by atoms with Gasteiger partial charge in [0.1, 0.15) is 0 Å². The molecule has 0 fully saturated rings. The Hall–Kier alpha value is -2.66. The minimum atomic E-state index is -0.0241. The molecule has 0 radical (unpaired) electrons. The highest BCUT2D eigenvalue weighted by Crippen LogP contribution is 2.22. The number of carbonyl (C=O) groups is 1. The van der Waals surface area contributed by atoms with Crippen molar-refractivity contribution in [1.82, 2.24) is 15.0 Å². The molecule has 1 unspecified atom stereocenters. The molecule has 6 heteroatoms. The Kier molecular flexibility index (Phi) is 5.68. The highest BCUT2D eigenvalue weighted by Gasteiger charge is 2.19. The summed E-state index contributed by atoms with van der Waals surface area (Å²) in [4.78, 5) is 18.3. The van der Waals surface area contributed by atoms with Gasteiger partial charge in [-0.1, -0.05) is 59.2 Å². The Balaban J connectivity index is 1.69. The zero-order chi connectivity index (χ0) is 18.5. The average molecular weight is 370 g/mol. The van der Waals surface area contributed by atoms with E-state index in [-0.39, 0.29) is 11.9 Å². The molecule has 1 atom stereocenters. The smallest absolute Gasteiger partial charge is 0.228 e. The predicted molar refractivity (Wildman–Crippen MR) is 101 cm³/mol. The van der Waals surface area contributed by atoms with Crippen LogP contribution in [0.2, 0.25) is 5.02 Å². The minimum absolute atomic E-state index is 0.0101. The van der Waals surface area contributed by atoms with Gasteiger partial charge in [-0.15, -0.1) is 0 Å². The normalized spacial score (nSPS) is 12.0. The molecule has 2 aromatic carbocycles. The van der Waals surface area contributed by atoms with Crippen molar-refractivity contribution < 1.29 is 9.32 Å². The fourth-order valence-electron chi connectivity index (χ4n) is 2.85. The summed E-state index contributed by atoms with van der Waals surface area (Å²) in [5.41, 5.74) is 1.89. The molecule has 0 aliphatic rings. The zero-order valence-electron chi connectivity index (χ0n) is 14.7. The third kappa shape index (κ3) is 4.29. The molecule has 1 aromatic heterocycles. The third-order valence-corrected chi connectivity index (χ3v) is 4.51. The molecule has 134 valence electrons. The summed E-state index contributed by atoms with van der Waals surface area (Å²) in [6.45, 7) is 4.09. The van der Waals surface area contributed by atoms with Crippen LogP contribution in [0, 0.1) is 0 Å². The molecule has 0 saturated carbocycles. The number of hydrogen-bond acceptors (Lipinski definition) is 4. The molecule has 26 heavy (non-hydrogen) atoms. The molecule has 1 amide bonds. The first-order valence-electron chi connectivity index (χ1n) is 8.45. The topological polar surface area (TPSA) is 59.2 Å². The zero-order valence-corrected chi connectivity index (χ0v) is 15.5. The lowest BCUT2D eigenvalue weighted by atomic mass is 10.1. The van der Waals surface area contributed by atoms with Crippen LogP contribution in [-0.4, -0.2) is 27.5 Å². The maximum atomic E-state index is 12.1. The molecule has 0 bridgehead atoms. The van der Waals surface area contributed by atoms with E-state index in [1.54, 1.807) is 24.0 Å². The lowest BCUT2D eigenvalue weighted by Gasteiger charge is -2.28. The minimum Gasteiger partial charge on any atom is -0.339 e. The maximum absolute atomic E-state index is 12.1. The number of hydrogen-bond donors (Lipinski definition) is 0. The van der Waals surface area contributed by atoms with Gasteiger partial charge in [-0.3, -0.25) is 4.79 Å². The van der Waals surface area contributed by atoms with Gasteiger partial charge in [0.15, 0.2) is 0 Å². The molecule has 0 spiro atoms. The van der Waals surface area contributed by atoms with E-state index >= 15 is 0 Å². The van der Waals surface area contributed by atoms with Crippen LogP contribution in [0.3, 0.4) is 0 Å². The van der Waals surface area contributed by atoms with Crippen LogP contribution in [0.4, 0.5) is 0 Å². The van der Waals surface area contributed by atoms with Gasteiger partial charge in [-0.05, 0) is 24.6 Å². The van der Waals surface area contributed by atoms with Crippen molar-refractivity contribution in [2.45, 2.75) is 26.3 Å². The van der Waals surface area contributed by atoms with Gasteiger partial charge in [0, 0.05) is 30.5 Å². The first-order valence-corrected chi connectivity index (χ1v) is 8.83. The predicted octanol–water partition coefficient (Wildman–Crippen LogP) is 4.54. The fraction of sp³-hybridized carbons (Fsp3) is 0.250. The first kappa shape index (κ1) is 18.1. The van der Waals surface area contributed by atoms with E-state index < -0.39 is 0 Å². The van der Waals surface area contributed by atoms with Crippen LogP contribution in [-0.2, 0) is 11.2 Å². The van der Waals surface area contributed by atoms with Gasteiger partial charge in [-0.25, -0.2) is 0 Å². The van der Waals surface area contributed by atoms with Crippen LogP contribution in [0.5, 0.6) is 0 Å². The van der Waals surface area contributed by atoms with E-state index in [4.69, 9.17) is 16.1 Å². The largest absolute Gasteiger partial charge is 0.339 e. The highest BCUT2D eigenvalue weighted by molar-refractivity contribution is 6.30. The van der Waals surface area contributed by atoms with Crippen molar-refractivity contribution in [2.24, 2.45) is 0 Å². The van der Waals surface area contributed by atoms with Crippen LogP contribution < -0.4 is 0 Å². The summed E-state index contributed by atoms with van der Waals surface area (Å²) in [5, 5.41) is 4.62. The van der Waals surface area contributed by atoms with Crippen LogP contribution >= 0.6 is 11.6 Å². The monoisotopic (exact) mass is 369 g/mol. The number of amides is 1. The van der Waals surface area contributed by atoms with Crippen molar-refractivity contribution in [3.05, 3.63) is 71.1 Å². The Bertz CT molecular complexity index is 880. The van der Waals surface area contributed by atoms with E-state index in [2.05, 4.69) is 10.1 Å². The van der Waals surface area contributed by atoms with E-state index in [0.717, 1.165) is 11.1 Å². The molecule has 0 aliphatic heterocycles. The second kappa shape index (κ2) is 8.15. The second-order valence-electron chi connectivity index (χ2n) is 6.07. The Labute approximate surface area is 157 Å². The Morgan fingerprint density at radius 2 is 1.96 bits per heavy atom. The van der Waals surface area contributed by atoms with Crippen molar-refractivity contribution in [1.29, 1.82) is 0 Å². The molecular weight excluding hydrogens is 350 g/mol. The molecular formula is C20H20ClN3O2. The van der Waals surface area contributed by atoms with Gasteiger partial charge in [-0.2, -0.15) is 4.98 Å². The van der Waals surface area contributed by atoms with Gasteiger partial charge >= 0.3 is 0 Å². The van der Waals surface area contributed by atoms with Crippen LogP contribution in [0.25, 0.3) is 11.4 Å². The SMILES string of the molecule is CC(=O)N(CCc1nc(-c2cccc(Cl)c2)no1)C(C)c1ccccc1. The summed E-state index contributed by atoms with van der Waals surface area (Å²) in [7, 11) is 0. The number of benzene rings is 2. The Morgan fingerprint density at radius 1 is 1.19 bits per heavy atom. The lowest BCUT2D eigenvalue weighted by molar-refractivity contribution is -0.131. The number of carbonyl (C=O) groups excluding carboxylic acids is 1. The molecule has 3 aromatic rings. The van der Waals surface area contributed by atoms with Gasteiger partial charge in [0.2, 0.25) is 17.6 Å². The molecule has 0 saturated heterocycles. The van der Waals surface area contributed by atoms with Gasteiger partial charge in [0.25, 0.3) is 0 Å². The number of nitrogens with zero attached hydrogens (tertiary/aromatic N) is 3. The summed E-state index contributed by atoms with van der Waals surface area (Å²) < 4.78 is 5.33. The van der Waals surface area contributed by atoms with Crippen LogP contribution in [0.1, 0.15) is 31.3 Å². The van der Waals surface area contributed by atoms with Crippen molar-refractivity contribution in [3.8, 4) is 11.4 Å². The summed E-state index contributed by atoms with van der Waals surface area (Å²) >= 11 is 6.00. The number of halogens is 1. The van der Waals surface area contributed by atoms with Crippen molar-refractivity contribution in [3.63, 3.8) is 0 Å². The fourth-order valence-corrected chi connectivity index (χ4v) is 3.04. The van der Waals surface area contributed by atoms with E-state index in [1.165, 1.54) is 0 Å². The van der Waals surface area contributed by atoms with E-state index in [9.17, 15) is 4.79 Å². The third-order valence-electron chi connectivity index (χ3n) is 4.27. The molecule has 0 N–H and O–H groups in total. The lowest BCUT2D eigenvalue weighted by Crippen LogP contribution is -2.33. The Morgan fingerprint density at radius 3 is 2.65 bits per heavy atom. The van der Waals surface area contributed by atoms with E-state index in [1.807, 2.05) is 49.4 Å². The van der Waals surface area contributed by atoms with Crippen molar-refractivity contribution in [2.75, 3.05) is 6.54 Å². The molecule has 0 aliphatic carbocycles. The van der Waals surface area contributed by atoms with Gasteiger partial charge in [0.05, 0.1) is 6.04 Å². The quantitative estimate of drug-likeness (QED) is 0.640. The molecule has 1 heterocycles. The standard InChI is InChI=1S/C20H20ClN3O2/c1-14(16-7-4-3-5-8-16)24(15(2)25)12-11-19-22-20(23-26-19)17-9-6-10-18(21)13-17/h3-10,13-14H,11-12H2,1-2H3. The van der Waals surface area contributed by atoms with E-state index in [0.29, 0.717) is 29.7 Å². The van der Waals surface area contributed by atoms with Crippen LogP contribution in [0.15, 0.2) is 59.1 Å². The average Bonchev–Trinajstić information content (AvgIpc) is 3.11. The highest BCUT2D eigenvalue weighted by atomic mass is 35.5. The summed E-state index contributed by atoms with van der Waals surface area (Å²) in [6.07, 6.45) is 0.490. The molecule has 3 rings (SSSR count). The first-order chi connectivity index (χ1) is 12.5. The van der Waals surface area contributed by atoms with Crippen molar-refractivity contribution >= 4 is 17.5 Å². The summed E-state index contributed by atoms with van der Waals surface area (Å²) in [5.74, 6) is 0.996. The van der Waals surface area contributed by atoms with Gasteiger partial charge < -0.3 is 9.42 Å². The number of rotatable bonds is 6.